The van der Waals surface area contributed by atoms with Gasteiger partial charge in [-0.15, -0.1) is 23.1 Å². The van der Waals surface area contributed by atoms with Gasteiger partial charge in [-0.05, 0) is 0 Å². The van der Waals surface area contributed by atoms with E-state index in [1.54, 1.807) is 0 Å². The first-order valence-corrected chi connectivity index (χ1v) is 11.1. The number of hydrogen-bond donors (Lipinski definition) is 2. The number of rotatable bonds is 5. The number of sulfone groups is 1. The van der Waals surface area contributed by atoms with Crippen LogP contribution in [0, 0.1) is 0 Å². The minimum atomic E-state index is -3.67. The van der Waals surface area contributed by atoms with Crippen LogP contribution in [0.3, 0.4) is 0 Å². The number of nitrogens with one attached hydrogen (secondary N) is 1. The summed E-state index contributed by atoms with van der Waals surface area (Å²) in [6.45, 7) is 0. The van der Waals surface area contributed by atoms with Crippen molar-refractivity contribution in [1.29, 1.82) is 0 Å². The van der Waals surface area contributed by atoms with Gasteiger partial charge in [0.2, 0.25) is 5.91 Å². The summed E-state index contributed by atoms with van der Waals surface area (Å²) in [5.74, 6) is -2.55. The Morgan fingerprint density at radius 3 is 2.67 bits per heavy atom. The standard InChI is InChI=1S/C13H14N4O6S3.Na/c1-26(22,23)4-5(6-2-25-13(14)15-6)9(18)16-8-10(19)17-7(12(20)21)3-24-11(8)17;/h2,4,7-8,11H,3H2,1H3,(H2,14,15)(H,16,18)(H,20,21);/q;+1/p-1/b5-4-;/t7?,8?,11-;/m1./s1. The molecular formula is C13H13N4NaO6S3. The van der Waals surface area contributed by atoms with Gasteiger partial charge < -0.3 is 25.9 Å². The summed E-state index contributed by atoms with van der Waals surface area (Å²) in [4.78, 5) is 40.8. The van der Waals surface area contributed by atoms with Crippen LogP contribution in [0.15, 0.2) is 10.8 Å². The van der Waals surface area contributed by atoms with Crippen molar-refractivity contribution in [2.24, 2.45) is 0 Å². The summed E-state index contributed by atoms with van der Waals surface area (Å²) in [6.07, 6.45) is 0.920. The van der Waals surface area contributed by atoms with Gasteiger partial charge >= 0.3 is 29.6 Å². The molecule has 1 aromatic rings. The molecule has 2 fully saturated rings. The smallest absolute Gasteiger partial charge is 0.548 e. The van der Waals surface area contributed by atoms with Crippen molar-refractivity contribution in [1.82, 2.24) is 15.2 Å². The fourth-order valence-electron chi connectivity index (χ4n) is 2.65. The van der Waals surface area contributed by atoms with E-state index in [0.717, 1.165) is 27.9 Å². The Hall–Kier alpha value is -1.12. The zero-order valence-electron chi connectivity index (χ0n) is 14.2. The van der Waals surface area contributed by atoms with E-state index in [4.69, 9.17) is 5.73 Å². The molecule has 3 rings (SSSR count). The maximum atomic E-state index is 12.6. The fraction of sp³-hybridized carbons (Fsp3) is 0.385. The Kier molecular flexibility index (Phi) is 6.64. The Morgan fingerprint density at radius 2 is 2.15 bits per heavy atom. The Balaban J connectivity index is 0.00000261. The van der Waals surface area contributed by atoms with Gasteiger partial charge in [0, 0.05) is 22.8 Å². The van der Waals surface area contributed by atoms with Crippen LogP contribution in [-0.2, 0) is 24.2 Å². The van der Waals surface area contributed by atoms with E-state index in [-0.39, 0.29) is 51.7 Å². The van der Waals surface area contributed by atoms with Crippen LogP contribution in [0.25, 0.3) is 5.57 Å². The molecule has 14 heteroatoms. The van der Waals surface area contributed by atoms with Gasteiger partial charge in [0.15, 0.2) is 15.0 Å². The van der Waals surface area contributed by atoms with Gasteiger partial charge in [0.1, 0.15) is 11.4 Å². The summed E-state index contributed by atoms with van der Waals surface area (Å²) in [5, 5.41) is 15.3. The number of thiazole rings is 1. The molecule has 0 bridgehead atoms. The number of aromatic nitrogens is 1. The van der Waals surface area contributed by atoms with Gasteiger partial charge in [-0.3, -0.25) is 9.59 Å². The first-order chi connectivity index (χ1) is 12.1. The number of hydrogen-bond acceptors (Lipinski definition) is 10. The Bertz CT molecular complexity index is 930. The maximum Gasteiger partial charge on any atom is 1.00 e. The number of carboxylic acid groups (broad SMARTS) is 1. The zero-order chi connectivity index (χ0) is 19.2. The van der Waals surface area contributed by atoms with Crippen molar-refractivity contribution in [2.45, 2.75) is 17.5 Å². The van der Waals surface area contributed by atoms with E-state index in [1.807, 2.05) is 0 Å². The van der Waals surface area contributed by atoms with Crippen molar-refractivity contribution in [3.63, 3.8) is 0 Å². The van der Waals surface area contributed by atoms with E-state index < -0.39 is 45.1 Å². The molecule has 0 aliphatic carbocycles. The van der Waals surface area contributed by atoms with Gasteiger partial charge in [-0.1, -0.05) is 0 Å². The minimum Gasteiger partial charge on any atom is -0.548 e. The number of carbonyl (C=O) groups is 3. The number of thioether (sulfide) groups is 1. The summed E-state index contributed by atoms with van der Waals surface area (Å²) < 4.78 is 23.2. The van der Waals surface area contributed by atoms with Crippen molar-refractivity contribution < 1.29 is 57.5 Å². The average Bonchev–Trinajstić information content (AvgIpc) is 3.13. The number of fused-ring (bicyclic) bond motifs is 1. The number of nitrogens with zero attached hydrogens (tertiary/aromatic N) is 2. The van der Waals surface area contributed by atoms with E-state index in [9.17, 15) is 27.9 Å². The monoisotopic (exact) mass is 440 g/mol. The average molecular weight is 440 g/mol. The summed E-state index contributed by atoms with van der Waals surface area (Å²) in [6, 6.07) is -1.98. The predicted molar refractivity (Wildman–Crippen MR) is 93.2 cm³/mol. The van der Waals surface area contributed by atoms with E-state index in [2.05, 4.69) is 10.3 Å². The Labute approximate surface area is 184 Å². The number of anilines is 1. The molecule has 3 heterocycles. The zero-order valence-corrected chi connectivity index (χ0v) is 18.7. The third kappa shape index (κ3) is 4.49. The van der Waals surface area contributed by atoms with Gasteiger partial charge in [-0.25, -0.2) is 13.4 Å². The van der Waals surface area contributed by atoms with Crippen molar-refractivity contribution >= 4 is 61.4 Å². The molecule has 2 amide bonds. The molecule has 10 nitrogen and oxygen atoms in total. The third-order valence-corrected chi connectivity index (χ3v) is 6.46. The second-order valence-electron chi connectivity index (χ2n) is 5.69. The maximum absolute atomic E-state index is 12.6. The molecule has 3 N–H and O–H groups in total. The SMILES string of the molecule is CS(=O)(=O)/C=C(\C(=O)NC1C(=O)N2C(C(=O)[O-])CS[C@H]12)c1csc(N)n1.[Na+]. The molecular weight excluding hydrogens is 427 g/mol. The number of amides is 2. The molecule has 2 unspecified atom stereocenters. The second-order valence-corrected chi connectivity index (χ2v) is 9.62. The van der Waals surface area contributed by atoms with Crippen molar-refractivity contribution in [2.75, 3.05) is 17.7 Å². The number of nitrogen functional groups attached to an aromatic ring is 1. The first kappa shape index (κ1) is 22.2. The number of β-lactam (4-membered cyclic amide) rings is 1. The second kappa shape index (κ2) is 8.09. The quantitative estimate of drug-likeness (QED) is 0.258. The number of carboxylic acids is 1. The normalized spacial score (nSPS) is 24.6. The van der Waals surface area contributed by atoms with E-state index in [1.165, 1.54) is 17.1 Å². The predicted octanol–water partition coefficient (Wildman–Crippen LogP) is -5.37. The molecule has 27 heavy (non-hydrogen) atoms. The molecule has 1 aromatic heterocycles. The van der Waals surface area contributed by atoms with Crippen LogP contribution in [0.1, 0.15) is 5.69 Å². The largest absolute Gasteiger partial charge is 1.00 e. The number of carbonyl (C=O) groups excluding carboxylic acids is 3. The fourth-order valence-corrected chi connectivity index (χ4v) is 5.34. The van der Waals surface area contributed by atoms with Crippen LogP contribution in [0.4, 0.5) is 5.13 Å². The molecule has 3 atom stereocenters. The molecule has 2 aliphatic rings. The molecule has 2 saturated heterocycles. The molecule has 0 aromatic carbocycles. The van der Waals surface area contributed by atoms with Gasteiger partial charge in [0.05, 0.1) is 23.3 Å². The number of aliphatic carboxylic acids is 1. The van der Waals surface area contributed by atoms with Crippen LogP contribution in [0.5, 0.6) is 0 Å². The molecule has 2 aliphatic heterocycles. The summed E-state index contributed by atoms with van der Waals surface area (Å²) >= 11 is 2.24. The van der Waals surface area contributed by atoms with Gasteiger partial charge in [-0.2, -0.15) is 0 Å². The molecule has 0 saturated carbocycles. The van der Waals surface area contributed by atoms with Crippen LogP contribution in [-0.4, -0.2) is 65.6 Å². The summed E-state index contributed by atoms with van der Waals surface area (Å²) in [7, 11) is -3.67. The van der Waals surface area contributed by atoms with Crippen LogP contribution >= 0.6 is 23.1 Å². The molecule has 0 radical (unpaired) electrons. The summed E-state index contributed by atoms with van der Waals surface area (Å²) in [5.41, 5.74) is 5.36. The van der Waals surface area contributed by atoms with Crippen LogP contribution < -0.4 is 45.7 Å². The number of nitrogens with two attached hydrogens (primary N) is 1. The van der Waals surface area contributed by atoms with Crippen molar-refractivity contribution in [3.05, 3.63) is 16.5 Å². The van der Waals surface area contributed by atoms with Gasteiger partial charge in [0.25, 0.3) is 5.91 Å². The minimum absolute atomic E-state index is 0. The van der Waals surface area contributed by atoms with E-state index >= 15 is 0 Å². The first-order valence-electron chi connectivity index (χ1n) is 7.17. The van der Waals surface area contributed by atoms with E-state index in [0.29, 0.717) is 0 Å². The third-order valence-electron chi connectivity index (χ3n) is 3.77. The van der Waals surface area contributed by atoms with Crippen molar-refractivity contribution in [3.8, 4) is 0 Å². The van der Waals surface area contributed by atoms with Crippen LogP contribution in [0.2, 0.25) is 0 Å². The topological polar surface area (TPSA) is 163 Å². The molecule has 0 spiro atoms. The molecule has 140 valence electrons. The Morgan fingerprint density at radius 1 is 1.48 bits per heavy atom.